The van der Waals surface area contributed by atoms with Crippen LogP contribution in [0.5, 0.6) is 0 Å². The second-order valence-corrected chi connectivity index (χ2v) is 23.9. The van der Waals surface area contributed by atoms with Crippen LogP contribution in [0.25, 0.3) is 0 Å². The first kappa shape index (κ1) is 73.6. The Hall–Kier alpha value is -1.40. The number of allylic oxidation sites excluding steroid dienone is 1. The Morgan fingerprint density at radius 3 is 0.907 bits per heavy atom. The molecule has 2 unspecified atom stereocenters. The first-order chi connectivity index (χ1) is 37.0. The molecule has 75 heavy (non-hydrogen) atoms. The fourth-order valence-corrected chi connectivity index (χ4v) is 11.1. The van der Waals surface area contributed by atoms with Crippen molar-refractivity contribution in [3.63, 3.8) is 0 Å². The Balaban J connectivity index is 3.39. The van der Waals surface area contributed by atoms with Crippen LogP contribution in [0.4, 0.5) is 0 Å². The van der Waals surface area contributed by atoms with Crippen molar-refractivity contribution in [2.24, 2.45) is 0 Å². The van der Waals surface area contributed by atoms with Crippen LogP contribution in [0.1, 0.15) is 393 Å². The van der Waals surface area contributed by atoms with E-state index in [1.54, 1.807) is 6.08 Å². The van der Waals surface area contributed by atoms with Crippen LogP contribution in [-0.2, 0) is 14.3 Å². The van der Waals surface area contributed by atoms with Gasteiger partial charge < -0.3 is 20.3 Å². The standard InChI is InChI=1S/C69H135NO5/c1-3-5-7-9-11-13-15-17-19-20-21-24-27-30-34-37-41-45-49-53-57-61-67(72)66(65-71)70-68(73)62-58-54-50-46-42-38-35-31-28-25-22-23-26-29-32-36-40-44-48-52-56-60-64-75-69(74)63-59-55-51-47-43-39-33-18-16-14-12-10-8-6-4-2/h57,61,66-67,71-72H,3-56,58-60,62-65H2,1-2H3,(H,70,73)/b61-57+. The zero-order chi connectivity index (χ0) is 54.3. The molecule has 0 aromatic rings. The van der Waals surface area contributed by atoms with Crippen molar-refractivity contribution < 1.29 is 24.5 Å². The van der Waals surface area contributed by atoms with Gasteiger partial charge in [0.2, 0.25) is 5.91 Å². The lowest BCUT2D eigenvalue weighted by Gasteiger charge is -2.20. The smallest absolute Gasteiger partial charge is 0.305 e. The zero-order valence-electron chi connectivity index (χ0n) is 51.1. The number of amides is 1. The van der Waals surface area contributed by atoms with Crippen molar-refractivity contribution in [3.05, 3.63) is 12.2 Å². The van der Waals surface area contributed by atoms with Gasteiger partial charge >= 0.3 is 5.97 Å². The van der Waals surface area contributed by atoms with E-state index < -0.39 is 12.1 Å². The predicted octanol–water partition coefficient (Wildman–Crippen LogP) is 22.0. The minimum absolute atomic E-state index is 0.0167. The molecule has 0 aromatic heterocycles. The van der Waals surface area contributed by atoms with Gasteiger partial charge in [0.25, 0.3) is 0 Å². The zero-order valence-corrected chi connectivity index (χ0v) is 51.1. The number of ether oxygens (including phenoxy) is 1. The van der Waals surface area contributed by atoms with E-state index in [4.69, 9.17) is 4.74 Å². The number of esters is 1. The third kappa shape index (κ3) is 61.7. The predicted molar refractivity (Wildman–Crippen MR) is 329 cm³/mol. The first-order valence-electron chi connectivity index (χ1n) is 34.5. The van der Waals surface area contributed by atoms with Gasteiger partial charge in [-0.25, -0.2) is 0 Å². The maximum atomic E-state index is 12.5. The second-order valence-electron chi connectivity index (χ2n) is 23.9. The third-order valence-corrected chi connectivity index (χ3v) is 16.3. The number of carbonyl (C=O) groups excluding carboxylic acids is 2. The fraction of sp³-hybridized carbons (Fsp3) is 0.942. The number of aliphatic hydroxyl groups is 2. The summed E-state index contributed by atoms with van der Waals surface area (Å²) in [7, 11) is 0. The summed E-state index contributed by atoms with van der Waals surface area (Å²) in [6.45, 7) is 4.95. The molecule has 0 spiro atoms. The van der Waals surface area contributed by atoms with E-state index >= 15 is 0 Å². The number of unbranched alkanes of at least 4 members (excludes halogenated alkanes) is 54. The van der Waals surface area contributed by atoms with E-state index in [0.717, 1.165) is 38.5 Å². The molecule has 2 atom stereocenters. The topological polar surface area (TPSA) is 95.9 Å². The Bertz CT molecular complexity index is 1130. The molecule has 0 aliphatic heterocycles. The van der Waals surface area contributed by atoms with Crippen LogP contribution in [0.3, 0.4) is 0 Å². The molecule has 0 fully saturated rings. The minimum atomic E-state index is -0.845. The number of carbonyl (C=O) groups is 2. The van der Waals surface area contributed by atoms with Gasteiger partial charge in [-0.05, 0) is 32.1 Å². The molecule has 0 aromatic carbocycles. The molecule has 3 N–H and O–H groups in total. The lowest BCUT2D eigenvalue weighted by Crippen LogP contribution is -2.45. The second kappa shape index (κ2) is 65.1. The fourth-order valence-electron chi connectivity index (χ4n) is 11.1. The summed E-state index contributed by atoms with van der Waals surface area (Å²) in [6.07, 6.45) is 79.9. The highest BCUT2D eigenvalue weighted by Crippen LogP contribution is 2.19. The van der Waals surface area contributed by atoms with Crippen molar-refractivity contribution in [1.82, 2.24) is 5.32 Å². The molecular weight excluding hydrogens is 923 g/mol. The summed E-state index contributed by atoms with van der Waals surface area (Å²) in [4.78, 5) is 24.6. The van der Waals surface area contributed by atoms with Crippen LogP contribution in [0, 0.1) is 0 Å². The number of aliphatic hydroxyl groups excluding tert-OH is 2. The van der Waals surface area contributed by atoms with Gasteiger partial charge in [-0.1, -0.05) is 360 Å². The SMILES string of the molecule is CCCCCCCCCCCCCCCCCCCCC/C=C/C(O)C(CO)NC(=O)CCCCCCCCCCCCCCCCCCCCCCCCOC(=O)CCCCCCCCCCCCCCCCC. The van der Waals surface area contributed by atoms with Gasteiger partial charge in [-0.2, -0.15) is 0 Å². The first-order valence-corrected chi connectivity index (χ1v) is 34.5. The number of hydrogen-bond donors (Lipinski definition) is 3. The molecule has 446 valence electrons. The summed E-state index contributed by atoms with van der Waals surface area (Å²) >= 11 is 0. The molecule has 6 heteroatoms. The van der Waals surface area contributed by atoms with Crippen LogP contribution in [-0.4, -0.2) is 47.4 Å². The van der Waals surface area contributed by atoms with Gasteiger partial charge in [-0.3, -0.25) is 9.59 Å². The van der Waals surface area contributed by atoms with Gasteiger partial charge in [0.1, 0.15) is 0 Å². The van der Waals surface area contributed by atoms with Crippen molar-refractivity contribution in [1.29, 1.82) is 0 Å². The summed E-state index contributed by atoms with van der Waals surface area (Å²) in [6, 6.07) is -0.628. The lowest BCUT2D eigenvalue weighted by atomic mass is 10.0. The number of rotatable bonds is 65. The summed E-state index contributed by atoms with van der Waals surface area (Å²) in [5, 5.41) is 23.2. The van der Waals surface area contributed by atoms with Crippen molar-refractivity contribution in [2.45, 2.75) is 405 Å². The quantitative estimate of drug-likeness (QED) is 0.0320. The van der Waals surface area contributed by atoms with Gasteiger partial charge in [0.05, 0.1) is 25.4 Å². The summed E-state index contributed by atoms with van der Waals surface area (Å²) < 4.78 is 5.50. The molecule has 0 bridgehead atoms. The minimum Gasteiger partial charge on any atom is -0.466 e. The maximum absolute atomic E-state index is 12.5. The Labute approximate surface area is 469 Å². The van der Waals surface area contributed by atoms with Crippen LogP contribution in [0.15, 0.2) is 12.2 Å². The average molecular weight is 1060 g/mol. The van der Waals surface area contributed by atoms with E-state index in [0.29, 0.717) is 19.4 Å². The van der Waals surface area contributed by atoms with Crippen molar-refractivity contribution in [3.8, 4) is 0 Å². The highest BCUT2D eigenvalue weighted by Gasteiger charge is 2.18. The molecule has 1 amide bonds. The average Bonchev–Trinajstić information content (AvgIpc) is 3.41. The van der Waals surface area contributed by atoms with E-state index in [2.05, 4.69) is 19.2 Å². The molecule has 0 radical (unpaired) electrons. The molecule has 0 rings (SSSR count). The Morgan fingerprint density at radius 2 is 0.613 bits per heavy atom. The van der Waals surface area contributed by atoms with E-state index in [-0.39, 0.29) is 18.5 Å². The monoisotopic (exact) mass is 1060 g/mol. The number of hydrogen-bond acceptors (Lipinski definition) is 5. The van der Waals surface area contributed by atoms with Crippen LogP contribution in [0.2, 0.25) is 0 Å². The van der Waals surface area contributed by atoms with Crippen LogP contribution < -0.4 is 5.32 Å². The molecule has 0 heterocycles. The van der Waals surface area contributed by atoms with E-state index in [1.165, 1.54) is 327 Å². The normalized spacial score (nSPS) is 12.5. The number of nitrogens with one attached hydrogen (secondary N) is 1. The van der Waals surface area contributed by atoms with Gasteiger partial charge in [0.15, 0.2) is 0 Å². The largest absolute Gasteiger partial charge is 0.466 e. The Morgan fingerprint density at radius 1 is 0.360 bits per heavy atom. The molecule has 0 aliphatic rings. The van der Waals surface area contributed by atoms with Crippen molar-refractivity contribution >= 4 is 11.9 Å². The lowest BCUT2D eigenvalue weighted by molar-refractivity contribution is -0.143. The Kier molecular flexibility index (Phi) is 63.9. The summed E-state index contributed by atoms with van der Waals surface area (Å²) in [5.41, 5.74) is 0. The van der Waals surface area contributed by atoms with Gasteiger partial charge in [0, 0.05) is 12.8 Å². The van der Waals surface area contributed by atoms with Crippen LogP contribution >= 0.6 is 0 Å². The molecular formula is C69H135NO5. The van der Waals surface area contributed by atoms with E-state index in [9.17, 15) is 19.8 Å². The third-order valence-electron chi connectivity index (χ3n) is 16.3. The van der Waals surface area contributed by atoms with E-state index in [1.807, 2.05) is 6.08 Å². The highest BCUT2D eigenvalue weighted by atomic mass is 16.5. The highest BCUT2D eigenvalue weighted by molar-refractivity contribution is 5.76. The maximum Gasteiger partial charge on any atom is 0.305 e. The van der Waals surface area contributed by atoms with Crippen molar-refractivity contribution in [2.75, 3.05) is 13.2 Å². The van der Waals surface area contributed by atoms with Gasteiger partial charge in [-0.15, -0.1) is 0 Å². The molecule has 6 nitrogen and oxygen atoms in total. The summed E-state index contributed by atoms with van der Waals surface area (Å²) in [5.74, 6) is -0.0469. The molecule has 0 aliphatic carbocycles. The molecule has 0 saturated heterocycles. The molecule has 0 saturated carbocycles.